The molecule has 1 saturated carbocycles. The quantitative estimate of drug-likeness (QED) is 0.569. The molecule has 9 heteroatoms. The molecule has 0 radical (unpaired) electrons. The van der Waals surface area contributed by atoms with E-state index in [1.54, 1.807) is 13.0 Å². The first-order valence-electron chi connectivity index (χ1n) is 11.7. The van der Waals surface area contributed by atoms with Gasteiger partial charge < -0.3 is 19.0 Å². The van der Waals surface area contributed by atoms with Crippen LogP contribution in [-0.4, -0.2) is 28.8 Å². The number of carboxylic acids is 1. The predicted molar refractivity (Wildman–Crippen MR) is 126 cm³/mol. The van der Waals surface area contributed by atoms with Crippen LogP contribution in [0.3, 0.4) is 0 Å². The fourth-order valence-corrected chi connectivity index (χ4v) is 6.65. The Hall–Kier alpha value is -3.39. The molecule has 3 aliphatic rings. The minimum atomic E-state index is -1.12. The number of fused-ring (bicyclic) bond motifs is 3. The summed E-state index contributed by atoms with van der Waals surface area (Å²) < 4.78 is 16.4. The zero-order chi connectivity index (χ0) is 25.8. The highest BCUT2D eigenvalue weighted by Gasteiger charge is 2.66. The fraction of sp³-hybridized carbons (Fsp3) is 0.407. The Kier molecular flexibility index (Phi) is 5.82. The highest BCUT2D eigenvalue weighted by Crippen LogP contribution is 2.64. The number of furan rings is 1. The van der Waals surface area contributed by atoms with E-state index in [1.807, 2.05) is 6.92 Å². The van der Waals surface area contributed by atoms with E-state index in [9.17, 15) is 24.3 Å². The molecule has 188 valence electrons. The lowest BCUT2D eigenvalue weighted by Gasteiger charge is -2.59. The molecule has 0 spiro atoms. The van der Waals surface area contributed by atoms with Crippen molar-refractivity contribution < 1.29 is 38.2 Å². The zero-order valence-electron chi connectivity index (χ0n) is 19.7. The third kappa shape index (κ3) is 3.75. The van der Waals surface area contributed by atoms with Crippen LogP contribution in [0.5, 0.6) is 0 Å². The largest absolute Gasteiger partial charge is 0.481 e. The topological polar surface area (TPSA) is 120 Å². The molecule has 0 amide bonds. The van der Waals surface area contributed by atoms with Gasteiger partial charge in [0.15, 0.2) is 5.76 Å². The van der Waals surface area contributed by atoms with Crippen LogP contribution in [0, 0.1) is 28.6 Å². The number of rotatable bonds is 4. The molecule has 6 unspecified atom stereocenters. The van der Waals surface area contributed by atoms with Gasteiger partial charge in [0.05, 0.1) is 29.9 Å². The van der Waals surface area contributed by atoms with Gasteiger partial charge >= 0.3 is 17.9 Å². The number of allylic oxidation sites excluding steroid dienone is 1. The maximum absolute atomic E-state index is 14.0. The summed E-state index contributed by atoms with van der Waals surface area (Å²) in [6.45, 7) is 3.62. The summed E-state index contributed by atoms with van der Waals surface area (Å²) in [6.07, 6.45) is 4.61. The number of ketones is 1. The number of carbonyl (C=O) groups excluding carboxylic acids is 3. The molecule has 1 aliphatic heterocycles. The molecule has 8 nitrogen and oxygen atoms in total. The molecule has 1 aromatic heterocycles. The van der Waals surface area contributed by atoms with Crippen LogP contribution < -0.4 is 0 Å². The number of halogens is 1. The van der Waals surface area contributed by atoms with Crippen molar-refractivity contribution in [2.75, 3.05) is 0 Å². The number of cyclic esters (lactones) is 1. The second-order valence-corrected chi connectivity index (χ2v) is 10.8. The molecule has 1 aromatic carbocycles. The lowest BCUT2D eigenvalue weighted by Crippen LogP contribution is -2.61. The summed E-state index contributed by atoms with van der Waals surface area (Å²) >= 11 is 5.89. The molecular formula is C27H25ClO8. The molecule has 5 rings (SSSR count). The van der Waals surface area contributed by atoms with Gasteiger partial charge in [0, 0.05) is 16.5 Å². The van der Waals surface area contributed by atoms with Crippen LogP contribution in [0.1, 0.15) is 55.1 Å². The average molecular weight is 513 g/mol. The van der Waals surface area contributed by atoms with Crippen LogP contribution in [0.25, 0.3) is 0 Å². The Morgan fingerprint density at radius 1 is 1.11 bits per heavy atom. The number of ether oxygens (including phenoxy) is 2. The standard InChI is InChI=1S/C27H25ClO8/c1-26-9-7-17-25(33)36-20(15-8-10-34-13-15)12-27(17,2)22(26)21(29)19(11-18(26)23(30)31)35-24(32)14-3-5-16(28)6-4-14/h3-6,8,10-11,13,17-18,20,22H,7,9,12H2,1-2H3,(H,30,31). The SMILES string of the molecule is CC12CCC3C(=O)OC(c4ccoc4)CC3(C)C1C(=O)C(OC(=O)c1ccc(Cl)cc1)=CC2C(=O)O. The molecule has 1 saturated heterocycles. The van der Waals surface area contributed by atoms with Crippen molar-refractivity contribution in [1.29, 1.82) is 0 Å². The Bertz CT molecular complexity index is 1260. The van der Waals surface area contributed by atoms with Crippen LogP contribution in [0.2, 0.25) is 5.02 Å². The molecule has 2 heterocycles. The normalized spacial score (nSPS) is 33.6. The smallest absolute Gasteiger partial charge is 0.343 e. The summed E-state index contributed by atoms with van der Waals surface area (Å²) in [4.78, 5) is 52.3. The van der Waals surface area contributed by atoms with Crippen molar-refractivity contribution in [1.82, 2.24) is 0 Å². The van der Waals surface area contributed by atoms with Gasteiger partial charge in [-0.2, -0.15) is 0 Å². The first kappa shape index (κ1) is 24.3. The highest BCUT2D eigenvalue weighted by atomic mass is 35.5. The molecule has 2 aromatic rings. The summed E-state index contributed by atoms with van der Waals surface area (Å²) in [6, 6.07) is 7.65. The van der Waals surface area contributed by atoms with Crippen LogP contribution in [-0.2, 0) is 23.9 Å². The van der Waals surface area contributed by atoms with E-state index in [0.717, 1.165) is 0 Å². The Balaban J connectivity index is 1.55. The fourth-order valence-electron chi connectivity index (χ4n) is 6.52. The van der Waals surface area contributed by atoms with E-state index < -0.39 is 58.4 Å². The molecule has 1 N–H and O–H groups in total. The lowest BCUT2D eigenvalue weighted by molar-refractivity contribution is -0.197. The van der Waals surface area contributed by atoms with Gasteiger partial charge in [-0.05, 0) is 66.5 Å². The molecule has 36 heavy (non-hydrogen) atoms. The number of Topliss-reactive ketones (excluding diaryl/α,β-unsaturated/α-hetero) is 1. The van der Waals surface area contributed by atoms with Crippen molar-refractivity contribution >= 4 is 35.3 Å². The zero-order valence-corrected chi connectivity index (χ0v) is 20.5. The van der Waals surface area contributed by atoms with Crippen LogP contribution >= 0.6 is 11.6 Å². The van der Waals surface area contributed by atoms with Gasteiger partial charge in [0.1, 0.15) is 6.10 Å². The summed E-state index contributed by atoms with van der Waals surface area (Å²) in [5.74, 6) is -5.70. The molecule has 0 bridgehead atoms. The van der Waals surface area contributed by atoms with E-state index in [0.29, 0.717) is 29.8 Å². The van der Waals surface area contributed by atoms with E-state index in [4.69, 9.17) is 25.5 Å². The van der Waals surface area contributed by atoms with E-state index in [2.05, 4.69) is 0 Å². The Morgan fingerprint density at radius 2 is 1.83 bits per heavy atom. The number of aliphatic carboxylic acids is 1. The maximum atomic E-state index is 14.0. The predicted octanol–water partition coefficient (Wildman–Crippen LogP) is 4.98. The van der Waals surface area contributed by atoms with Crippen LogP contribution in [0.15, 0.2) is 59.1 Å². The summed E-state index contributed by atoms with van der Waals surface area (Å²) in [7, 11) is 0. The third-order valence-electron chi connectivity index (χ3n) is 8.25. The van der Waals surface area contributed by atoms with E-state index >= 15 is 0 Å². The van der Waals surface area contributed by atoms with Gasteiger partial charge in [0.2, 0.25) is 5.78 Å². The van der Waals surface area contributed by atoms with E-state index in [1.165, 1.54) is 42.9 Å². The van der Waals surface area contributed by atoms with Gasteiger partial charge in [-0.1, -0.05) is 25.4 Å². The Labute approximate surface area is 212 Å². The van der Waals surface area contributed by atoms with Crippen molar-refractivity contribution in [3.05, 3.63) is 70.8 Å². The maximum Gasteiger partial charge on any atom is 0.343 e. The van der Waals surface area contributed by atoms with Crippen molar-refractivity contribution in [2.24, 2.45) is 28.6 Å². The van der Waals surface area contributed by atoms with Gasteiger partial charge in [-0.3, -0.25) is 14.4 Å². The minimum absolute atomic E-state index is 0.169. The highest BCUT2D eigenvalue weighted by molar-refractivity contribution is 6.30. The first-order chi connectivity index (χ1) is 17.0. The molecule has 6 atom stereocenters. The second-order valence-electron chi connectivity index (χ2n) is 10.3. The van der Waals surface area contributed by atoms with Crippen molar-refractivity contribution in [2.45, 2.75) is 39.2 Å². The van der Waals surface area contributed by atoms with Gasteiger partial charge in [0.25, 0.3) is 0 Å². The number of hydrogen-bond acceptors (Lipinski definition) is 7. The van der Waals surface area contributed by atoms with Crippen LogP contribution in [0.4, 0.5) is 0 Å². The van der Waals surface area contributed by atoms with E-state index in [-0.39, 0.29) is 11.3 Å². The number of carboxylic acid groups (broad SMARTS) is 1. The number of hydrogen-bond donors (Lipinski definition) is 1. The number of benzene rings is 1. The first-order valence-corrected chi connectivity index (χ1v) is 12.1. The van der Waals surface area contributed by atoms with Crippen molar-refractivity contribution in [3.63, 3.8) is 0 Å². The van der Waals surface area contributed by atoms with Crippen molar-refractivity contribution in [3.8, 4) is 0 Å². The molecule has 2 fully saturated rings. The Morgan fingerprint density at radius 3 is 2.47 bits per heavy atom. The minimum Gasteiger partial charge on any atom is -0.481 e. The van der Waals surface area contributed by atoms with Gasteiger partial charge in [-0.15, -0.1) is 0 Å². The number of carbonyl (C=O) groups is 4. The summed E-state index contributed by atoms with van der Waals surface area (Å²) in [5.41, 5.74) is -1.08. The third-order valence-corrected chi connectivity index (χ3v) is 8.50. The second kappa shape index (κ2) is 8.62. The average Bonchev–Trinajstić information content (AvgIpc) is 3.35. The lowest BCUT2D eigenvalue weighted by atomic mass is 9.44. The summed E-state index contributed by atoms with van der Waals surface area (Å²) in [5, 5.41) is 10.6. The molecular weight excluding hydrogens is 488 g/mol. The van der Waals surface area contributed by atoms with Gasteiger partial charge in [-0.25, -0.2) is 4.79 Å². The molecule has 2 aliphatic carbocycles. The monoisotopic (exact) mass is 512 g/mol. The number of esters is 2.